The topological polar surface area (TPSA) is 50.7 Å². The summed E-state index contributed by atoms with van der Waals surface area (Å²) in [6.07, 6.45) is 5.34. The molecule has 4 heteroatoms. The van der Waals surface area contributed by atoms with Gasteiger partial charge in [-0.2, -0.15) is 0 Å². The number of nitrogens with one attached hydrogen (secondary N) is 1. The molecule has 0 aliphatic rings. The van der Waals surface area contributed by atoms with Crippen LogP contribution in [0.1, 0.15) is 12.7 Å². The molecule has 0 aromatic carbocycles. The van der Waals surface area contributed by atoms with Crippen LogP contribution in [0.25, 0.3) is 11.3 Å². The minimum absolute atomic E-state index is 0.699. The van der Waals surface area contributed by atoms with Crippen molar-refractivity contribution in [3.63, 3.8) is 0 Å². The number of pyridine rings is 1. The second kappa shape index (κ2) is 5.32. The summed E-state index contributed by atoms with van der Waals surface area (Å²) < 4.78 is 0. The van der Waals surface area contributed by atoms with Gasteiger partial charge >= 0.3 is 0 Å². The van der Waals surface area contributed by atoms with Gasteiger partial charge in [-0.25, -0.2) is 9.97 Å². The molecule has 0 aliphatic carbocycles. The maximum atomic E-state index is 4.47. The van der Waals surface area contributed by atoms with Crippen LogP contribution in [0.2, 0.25) is 0 Å². The van der Waals surface area contributed by atoms with Crippen molar-refractivity contribution in [3.05, 3.63) is 42.6 Å². The summed E-state index contributed by atoms with van der Waals surface area (Å²) in [5, 5.41) is 3.20. The van der Waals surface area contributed by atoms with Crippen molar-refractivity contribution in [2.45, 2.75) is 13.5 Å². The van der Waals surface area contributed by atoms with Crippen molar-refractivity contribution in [1.82, 2.24) is 20.3 Å². The Hall–Kier alpha value is -1.81. The third kappa shape index (κ3) is 2.61. The van der Waals surface area contributed by atoms with Gasteiger partial charge in [-0.15, -0.1) is 0 Å². The Bertz CT molecular complexity index is 442. The average molecular weight is 214 g/mol. The molecule has 0 atom stereocenters. The van der Waals surface area contributed by atoms with Gasteiger partial charge in [0.25, 0.3) is 0 Å². The van der Waals surface area contributed by atoms with E-state index >= 15 is 0 Å². The van der Waals surface area contributed by atoms with Crippen LogP contribution >= 0.6 is 0 Å². The lowest BCUT2D eigenvalue weighted by molar-refractivity contribution is 0.691. The van der Waals surface area contributed by atoms with E-state index in [1.165, 1.54) is 0 Å². The van der Waals surface area contributed by atoms with E-state index < -0.39 is 0 Å². The van der Waals surface area contributed by atoms with Gasteiger partial charge in [-0.3, -0.25) is 4.98 Å². The minimum atomic E-state index is 0.699. The van der Waals surface area contributed by atoms with Crippen LogP contribution in [0.5, 0.6) is 0 Å². The molecule has 4 nitrogen and oxygen atoms in total. The maximum Gasteiger partial charge on any atom is 0.142 e. The quantitative estimate of drug-likeness (QED) is 0.840. The van der Waals surface area contributed by atoms with Crippen LogP contribution in [0.4, 0.5) is 0 Å². The maximum absolute atomic E-state index is 4.47. The van der Waals surface area contributed by atoms with Crippen molar-refractivity contribution in [1.29, 1.82) is 0 Å². The summed E-state index contributed by atoms with van der Waals surface area (Å²) in [6, 6.07) is 5.79. The first kappa shape index (κ1) is 10.7. The number of nitrogens with zero attached hydrogens (tertiary/aromatic N) is 3. The fraction of sp³-hybridized carbons (Fsp3) is 0.250. The predicted octanol–water partition coefficient (Wildman–Crippen LogP) is 1.65. The smallest absolute Gasteiger partial charge is 0.142 e. The number of rotatable bonds is 4. The van der Waals surface area contributed by atoms with Gasteiger partial charge in [0.2, 0.25) is 0 Å². The van der Waals surface area contributed by atoms with Gasteiger partial charge in [0, 0.05) is 24.2 Å². The molecule has 0 spiro atoms. The Labute approximate surface area is 94.8 Å². The minimum Gasteiger partial charge on any atom is -0.310 e. The van der Waals surface area contributed by atoms with E-state index in [2.05, 4.69) is 27.2 Å². The van der Waals surface area contributed by atoms with Crippen molar-refractivity contribution < 1.29 is 0 Å². The molecule has 0 saturated carbocycles. The van der Waals surface area contributed by atoms with Gasteiger partial charge in [-0.1, -0.05) is 6.92 Å². The lowest BCUT2D eigenvalue weighted by Crippen LogP contribution is -2.14. The van der Waals surface area contributed by atoms with Crippen LogP contribution in [0.3, 0.4) is 0 Å². The molecular formula is C12H14N4. The fourth-order valence-corrected chi connectivity index (χ4v) is 1.40. The van der Waals surface area contributed by atoms with E-state index in [0.717, 1.165) is 23.6 Å². The predicted molar refractivity (Wildman–Crippen MR) is 62.6 cm³/mol. The van der Waals surface area contributed by atoms with Crippen LogP contribution in [0.15, 0.2) is 36.8 Å². The molecule has 0 fully saturated rings. The third-order valence-electron chi connectivity index (χ3n) is 2.20. The summed E-state index contributed by atoms with van der Waals surface area (Å²) in [5.74, 6) is 0.809. The van der Waals surface area contributed by atoms with Crippen molar-refractivity contribution in [2.75, 3.05) is 6.54 Å². The fourth-order valence-electron chi connectivity index (χ4n) is 1.40. The molecule has 82 valence electrons. The van der Waals surface area contributed by atoms with E-state index in [9.17, 15) is 0 Å². The Kier molecular flexibility index (Phi) is 3.56. The molecule has 0 radical (unpaired) electrons. The molecule has 0 amide bonds. The molecule has 2 heterocycles. The zero-order valence-corrected chi connectivity index (χ0v) is 9.22. The van der Waals surface area contributed by atoms with E-state index in [0.29, 0.717) is 6.54 Å². The van der Waals surface area contributed by atoms with Crippen molar-refractivity contribution >= 4 is 0 Å². The van der Waals surface area contributed by atoms with E-state index in [1.807, 2.05) is 18.2 Å². The molecule has 0 unspecified atom stereocenters. The van der Waals surface area contributed by atoms with Crippen molar-refractivity contribution in [3.8, 4) is 11.3 Å². The largest absolute Gasteiger partial charge is 0.310 e. The molecule has 1 N–H and O–H groups in total. The highest BCUT2D eigenvalue weighted by Crippen LogP contribution is 2.13. The molecule has 2 aromatic heterocycles. The number of hydrogen-bond acceptors (Lipinski definition) is 4. The standard InChI is InChI=1S/C12H14N4/c1-2-13-9-12-15-7-5-11(16-12)10-4-3-6-14-8-10/h3-8,13H,2,9H2,1H3. The Morgan fingerprint density at radius 1 is 1.25 bits per heavy atom. The zero-order valence-electron chi connectivity index (χ0n) is 9.22. The molecule has 0 saturated heterocycles. The number of aromatic nitrogens is 3. The highest BCUT2D eigenvalue weighted by Gasteiger charge is 2.01. The molecular weight excluding hydrogens is 200 g/mol. The Balaban J connectivity index is 2.22. The monoisotopic (exact) mass is 214 g/mol. The van der Waals surface area contributed by atoms with Gasteiger partial charge in [-0.05, 0) is 24.7 Å². The first-order chi connectivity index (χ1) is 7.90. The summed E-state index contributed by atoms with van der Waals surface area (Å²) >= 11 is 0. The molecule has 16 heavy (non-hydrogen) atoms. The summed E-state index contributed by atoms with van der Waals surface area (Å²) in [7, 11) is 0. The van der Waals surface area contributed by atoms with Crippen LogP contribution in [-0.2, 0) is 6.54 Å². The summed E-state index contributed by atoms with van der Waals surface area (Å²) in [6.45, 7) is 3.68. The SMILES string of the molecule is CCNCc1nccc(-c2cccnc2)n1. The molecule has 0 aliphatic heterocycles. The number of hydrogen-bond donors (Lipinski definition) is 1. The highest BCUT2D eigenvalue weighted by atomic mass is 15.0. The lowest BCUT2D eigenvalue weighted by Gasteiger charge is -2.03. The Morgan fingerprint density at radius 2 is 2.19 bits per heavy atom. The average Bonchev–Trinajstić information content (AvgIpc) is 2.38. The normalized spacial score (nSPS) is 10.3. The molecule has 0 bridgehead atoms. The second-order valence-electron chi connectivity index (χ2n) is 3.38. The molecule has 2 rings (SSSR count). The van der Waals surface area contributed by atoms with Crippen LogP contribution < -0.4 is 5.32 Å². The van der Waals surface area contributed by atoms with E-state index in [4.69, 9.17) is 0 Å². The first-order valence-corrected chi connectivity index (χ1v) is 5.33. The van der Waals surface area contributed by atoms with E-state index in [-0.39, 0.29) is 0 Å². The molecule has 2 aromatic rings. The van der Waals surface area contributed by atoms with E-state index in [1.54, 1.807) is 18.6 Å². The highest BCUT2D eigenvalue weighted by molar-refractivity contribution is 5.56. The zero-order chi connectivity index (χ0) is 11.2. The Morgan fingerprint density at radius 3 is 2.94 bits per heavy atom. The van der Waals surface area contributed by atoms with Gasteiger partial charge in [0.1, 0.15) is 5.82 Å². The van der Waals surface area contributed by atoms with Crippen LogP contribution in [-0.4, -0.2) is 21.5 Å². The summed E-state index contributed by atoms with van der Waals surface area (Å²) in [5.41, 5.74) is 1.93. The van der Waals surface area contributed by atoms with Crippen molar-refractivity contribution in [2.24, 2.45) is 0 Å². The van der Waals surface area contributed by atoms with Gasteiger partial charge < -0.3 is 5.32 Å². The third-order valence-corrected chi connectivity index (χ3v) is 2.20. The van der Waals surface area contributed by atoms with Crippen LogP contribution in [0, 0.1) is 0 Å². The summed E-state index contributed by atoms with van der Waals surface area (Å²) in [4.78, 5) is 12.8. The second-order valence-corrected chi connectivity index (χ2v) is 3.38. The van der Waals surface area contributed by atoms with Gasteiger partial charge in [0.15, 0.2) is 0 Å². The van der Waals surface area contributed by atoms with Gasteiger partial charge in [0.05, 0.1) is 12.2 Å². The first-order valence-electron chi connectivity index (χ1n) is 5.33. The lowest BCUT2D eigenvalue weighted by atomic mass is 10.2.